The summed E-state index contributed by atoms with van der Waals surface area (Å²) in [4.78, 5) is 23.4. The highest BCUT2D eigenvalue weighted by molar-refractivity contribution is 5.93. The zero-order valence-electron chi connectivity index (χ0n) is 16.9. The molecule has 1 amide bonds. The van der Waals surface area contributed by atoms with Gasteiger partial charge in [0.15, 0.2) is 11.5 Å². The van der Waals surface area contributed by atoms with Crippen molar-refractivity contribution >= 4 is 5.91 Å². The normalized spacial score (nSPS) is 14.6. The van der Waals surface area contributed by atoms with Gasteiger partial charge < -0.3 is 19.1 Å². The van der Waals surface area contributed by atoms with Crippen LogP contribution in [0.4, 0.5) is 0 Å². The van der Waals surface area contributed by atoms with Gasteiger partial charge in [-0.05, 0) is 32.6 Å². The second-order valence-electron chi connectivity index (χ2n) is 6.79. The number of amides is 1. The van der Waals surface area contributed by atoms with Crippen LogP contribution in [0.3, 0.4) is 0 Å². The van der Waals surface area contributed by atoms with Crippen LogP contribution in [0, 0.1) is 6.92 Å². The molecule has 3 rings (SSSR count). The lowest BCUT2D eigenvalue weighted by Crippen LogP contribution is -2.38. The van der Waals surface area contributed by atoms with Crippen molar-refractivity contribution in [3.63, 3.8) is 0 Å². The summed E-state index contributed by atoms with van der Waals surface area (Å²) in [5.74, 6) is 2.17. The molecule has 1 aliphatic heterocycles. The van der Waals surface area contributed by atoms with Crippen LogP contribution >= 0.6 is 0 Å². The zero-order chi connectivity index (χ0) is 20.1. The molecule has 0 bridgehead atoms. The van der Waals surface area contributed by atoms with E-state index < -0.39 is 0 Å². The maximum absolute atomic E-state index is 12.9. The molecule has 0 spiro atoms. The fourth-order valence-electron chi connectivity index (χ4n) is 3.55. The minimum Gasteiger partial charge on any atom is -0.496 e. The molecule has 150 valence electrons. The van der Waals surface area contributed by atoms with Crippen LogP contribution in [0.1, 0.15) is 47.4 Å². The minimum absolute atomic E-state index is 0.0891. The summed E-state index contributed by atoms with van der Waals surface area (Å²) in [6, 6.07) is 3.61. The highest BCUT2D eigenvalue weighted by Gasteiger charge is 2.27. The Morgan fingerprint density at radius 2 is 1.79 bits per heavy atom. The van der Waals surface area contributed by atoms with Crippen LogP contribution in [0.5, 0.6) is 17.2 Å². The molecule has 7 nitrogen and oxygen atoms in total. The number of rotatable bonds is 6. The summed E-state index contributed by atoms with van der Waals surface area (Å²) in [6.07, 6.45) is 5.17. The summed E-state index contributed by atoms with van der Waals surface area (Å²) in [7, 11) is 3.24. The van der Waals surface area contributed by atoms with E-state index in [2.05, 4.69) is 9.97 Å². The molecular formula is C21H27N3O4. The highest BCUT2D eigenvalue weighted by Crippen LogP contribution is 2.34. The lowest BCUT2D eigenvalue weighted by atomic mass is 9.89. The summed E-state index contributed by atoms with van der Waals surface area (Å²) < 4.78 is 16.3. The molecule has 0 aromatic carbocycles. The molecule has 3 heterocycles. The van der Waals surface area contributed by atoms with Crippen molar-refractivity contribution in [1.29, 1.82) is 0 Å². The monoisotopic (exact) mass is 385 g/mol. The number of pyridine rings is 2. The minimum atomic E-state index is -0.0891. The Hall–Kier alpha value is -2.83. The van der Waals surface area contributed by atoms with Gasteiger partial charge >= 0.3 is 0 Å². The van der Waals surface area contributed by atoms with Crippen molar-refractivity contribution < 1.29 is 19.0 Å². The molecule has 0 radical (unpaired) electrons. The molecule has 7 heteroatoms. The Bertz CT molecular complexity index is 832. The smallest absolute Gasteiger partial charge is 0.272 e. The molecule has 1 aliphatic rings. The Morgan fingerprint density at radius 1 is 1.07 bits per heavy atom. The number of ether oxygens (including phenoxy) is 3. The van der Waals surface area contributed by atoms with Gasteiger partial charge in [-0.3, -0.25) is 9.78 Å². The van der Waals surface area contributed by atoms with E-state index in [1.54, 1.807) is 26.5 Å². The number of piperidine rings is 1. The van der Waals surface area contributed by atoms with Gasteiger partial charge in [-0.2, -0.15) is 0 Å². The van der Waals surface area contributed by atoms with Gasteiger partial charge in [0.2, 0.25) is 0 Å². The van der Waals surface area contributed by atoms with Crippen molar-refractivity contribution in [2.75, 3.05) is 33.9 Å². The quantitative estimate of drug-likeness (QED) is 0.760. The number of hydrogen-bond donors (Lipinski definition) is 0. The van der Waals surface area contributed by atoms with Gasteiger partial charge in [0.05, 0.1) is 27.0 Å². The predicted molar refractivity (Wildman–Crippen MR) is 105 cm³/mol. The number of likely N-dealkylation sites (tertiary alicyclic amines) is 1. The van der Waals surface area contributed by atoms with Crippen LogP contribution in [0.25, 0.3) is 0 Å². The SMILES string of the molecule is CCOc1cnc(C(=O)N2CCC(c3cnc(C)cc3OC)CC2)cc1OC. The van der Waals surface area contributed by atoms with E-state index in [4.69, 9.17) is 14.2 Å². The number of carbonyl (C=O) groups excluding carboxylic acids is 1. The first-order valence-corrected chi connectivity index (χ1v) is 9.54. The molecule has 0 atom stereocenters. The summed E-state index contributed by atoms with van der Waals surface area (Å²) in [5.41, 5.74) is 2.41. The molecule has 1 saturated heterocycles. The first-order chi connectivity index (χ1) is 13.6. The van der Waals surface area contributed by atoms with E-state index in [-0.39, 0.29) is 5.91 Å². The van der Waals surface area contributed by atoms with Crippen molar-refractivity contribution in [1.82, 2.24) is 14.9 Å². The van der Waals surface area contributed by atoms with Crippen LogP contribution in [-0.2, 0) is 0 Å². The van der Waals surface area contributed by atoms with E-state index in [1.165, 1.54) is 0 Å². The molecule has 0 unspecified atom stereocenters. The fourth-order valence-corrected chi connectivity index (χ4v) is 3.55. The van der Waals surface area contributed by atoms with Crippen molar-refractivity contribution in [2.45, 2.75) is 32.6 Å². The molecule has 28 heavy (non-hydrogen) atoms. The summed E-state index contributed by atoms with van der Waals surface area (Å²) in [5, 5.41) is 0. The lowest BCUT2D eigenvalue weighted by Gasteiger charge is -2.32. The third-order valence-electron chi connectivity index (χ3n) is 5.04. The van der Waals surface area contributed by atoms with Gasteiger partial charge in [-0.15, -0.1) is 0 Å². The van der Waals surface area contributed by atoms with E-state index in [0.717, 1.165) is 29.8 Å². The number of carbonyl (C=O) groups is 1. The average molecular weight is 385 g/mol. The number of aryl methyl sites for hydroxylation is 1. The van der Waals surface area contributed by atoms with Crippen molar-refractivity contribution in [3.05, 3.63) is 41.5 Å². The van der Waals surface area contributed by atoms with E-state index >= 15 is 0 Å². The highest BCUT2D eigenvalue weighted by atomic mass is 16.5. The molecule has 0 N–H and O–H groups in total. The lowest BCUT2D eigenvalue weighted by molar-refractivity contribution is 0.0706. The molecule has 1 fully saturated rings. The summed E-state index contributed by atoms with van der Waals surface area (Å²) in [6.45, 7) is 5.68. The first kappa shape index (κ1) is 19.9. The number of aromatic nitrogens is 2. The van der Waals surface area contributed by atoms with Crippen molar-refractivity contribution in [2.24, 2.45) is 0 Å². The van der Waals surface area contributed by atoms with Gasteiger partial charge in [-0.1, -0.05) is 0 Å². The Balaban J connectivity index is 1.69. The zero-order valence-corrected chi connectivity index (χ0v) is 16.9. The van der Waals surface area contributed by atoms with Crippen molar-refractivity contribution in [3.8, 4) is 17.2 Å². The molecule has 2 aromatic heterocycles. The molecule has 0 saturated carbocycles. The fraction of sp³-hybridized carbons (Fsp3) is 0.476. The molecule has 0 aliphatic carbocycles. The van der Waals surface area contributed by atoms with Crippen LogP contribution in [0.2, 0.25) is 0 Å². The van der Waals surface area contributed by atoms with Crippen LogP contribution in [0.15, 0.2) is 24.5 Å². The largest absolute Gasteiger partial charge is 0.496 e. The van der Waals surface area contributed by atoms with Crippen LogP contribution < -0.4 is 14.2 Å². The Kier molecular flexibility index (Phi) is 6.34. The van der Waals surface area contributed by atoms with Gasteiger partial charge in [0.25, 0.3) is 5.91 Å². The average Bonchev–Trinajstić information content (AvgIpc) is 2.73. The number of hydrogen-bond acceptors (Lipinski definition) is 6. The predicted octanol–water partition coefficient (Wildman–Crippen LogP) is 3.22. The Morgan fingerprint density at radius 3 is 2.43 bits per heavy atom. The second-order valence-corrected chi connectivity index (χ2v) is 6.79. The maximum atomic E-state index is 12.9. The third-order valence-corrected chi connectivity index (χ3v) is 5.04. The molecule has 2 aromatic rings. The standard InChI is InChI=1S/C21H27N3O4/c1-5-28-20-13-23-17(11-19(20)27-4)21(25)24-8-6-15(7-9-24)16-12-22-14(2)10-18(16)26-3/h10-13,15H,5-9H2,1-4H3. The number of methoxy groups -OCH3 is 2. The maximum Gasteiger partial charge on any atom is 0.272 e. The Labute approximate surface area is 165 Å². The first-order valence-electron chi connectivity index (χ1n) is 9.54. The van der Waals surface area contributed by atoms with Crippen LogP contribution in [-0.4, -0.2) is 54.7 Å². The van der Waals surface area contributed by atoms with Gasteiger partial charge in [0.1, 0.15) is 11.4 Å². The van der Waals surface area contributed by atoms with E-state index in [9.17, 15) is 4.79 Å². The van der Waals surface area contributed by atoms with E-state index in [0.29, 0.717) is 42.8 Å². The topological polar surface area (TPSA) is 73.8 Å². The van der Waals surface area contributed by atoms with E-state index in [1.807, 2.05) is 31.0 Å². The molecular weight excluding hydrogens is 358 g/mol. The number of nitrogens with zero attached hydrogens (tertiary/aromatic N) is 3. The summed E-state index contributed by atoms with van der Waals surface area (Å²) >= 11 is 0. The van der Waals surface area contributed by atoms with Gasteiger partial charge in [0, 0.05) is 42.7 Å². The van der Waals surface area contributed by atoms with Gasteiger partial charge in [-0.25, -0.2) is 4.98 Å². The second kappa shape index (κ2) is 8.91. The third kappa shape index (κ3) is 4.18.